The van der Waals surface area contributed by atoms with Gasteiger partial charge in [-0.1, -0.05) is 12.1 Å². The van der Waals surface area contributed by atoms with E-state index in [9.17, 15) is 12.8 Å². The van der Waals surface area contributed by atoms with Crippen LogP contribution in [0.3, 0.4) is 0 Å². The summed E-state index contributed by atoms with van der Waals surface area (Å²) in [6.45, 7) is 1.69. The lowest BCUT2D eigenvalue weighted by Gasteiger charge is -2.22. The number of nitrogens with zero attached hydrogens (tertiary/aromatic N) is 3. The van der Waals surface area contributed by atoms with Crippen LogP contribution in [0.4, 0.5) is 16.0 Å². The number of nitrogens with two attached hydrogens (primary N) is 1. The van der Waals surface area contributed by atoms with E-state index >= 15 is 0 Å². The molecular formula is C12H13FN4O2S. The predicted molar refractivity (Wildman–Crippen MR) is 73.1 cm³/mol. The van der Waals surface area contributed by atoms with Crippen LogP contribution in [0.1, 0.15) is 6.92 Å². The molecule has 0 radical (unpaired) electrons. The number of rotatable bonds is 4. The first-order valence-corrected chi connectivity index (χ1v) is 7.25. The molecular weight excluding hydrogens is 283 g/mol. The molecule has 0 aliphatic rings. The van der Waals surface area contributed by atoms with E-state index in [0.717, 1.165) is 16.7 Å². The molecule has 0 bridgehead atoms. The van der Waals surface area contributed by atoms with Crippen molar-refractivity contribution in [3.63, 3.8) is 0 Å². The summed E-state index contributed by atoms with van der Waals surface area (Å²) in [7, 11) is -3.93. The summed E-state index contributed by atoms with van der Waals surface area (Å²) in [5.41, 5.74) is 5.30. The molecule has 0 saturated heterocycles. The molecule has 0 unspecified atom stereocenters. The first kappa shape index (κ1) is 14.2. The highest BCUT2D eigenvalue weighted by Gasteiger charge is 2.26. The van der Waals surface area contributed by atoms with Crippen molar-refractivity contribution in [1.82, 2.24) is 9.97 Å². The zero-order chi connectivity index (χ0) is 14.8. The molecule has 2 aromatic rings. The Labute approximate surface area is 116 Å². The average molecular weight is 296 g/mol. The standard InChI is InChI=1S/C12H13FN4O2S/c1-2-17(11-6-4-3-5-10(11)13)20(18,19)9-7-15-12(14)16-8-9/h3-8H,2H2,1H3,(H2,14,15,16). The van der Waals surface area contributed by atoms with Crippen molar-refractivity contribution in [3.05, 3.63) is 42.5 Å². The van der Waals surface area contributed by atoms with Crippen LogP contribution < -0.4 is 10.0 Å². The van der Waals surface area contributed by atoms with E-state index in [-0.39, 0.29) is 23.1 Å². The van der Waals surface area contributed by atoms with E-state index in [1.807, 2.05) is 0 Å². The molecule has 1 heterocycles. The van der Waals surface area contributed by atoms with Gasteiger partial charge in [0.15, 0.2) is 0 Å². The van der Waals surface area contributed by atoms with Crippen molar-refractivity contribution in [1.29, 1.82) is 0 Å². The second kappa shape index (κ2) is 5.41. The molecule has 0 fully saturated rings. The van der Waals surface area contributed by atoms with Crippen LogP contribution in [0.25, 0.3) is 0 Å². The molecule has 1 aromatic heterocycles. The first-order chi connectivity index (χ1) is 9.46. The maximum absolute atomic E-state index is 13.8. The van der Waals surface area contributed by atoms with Crippen LogP contribution in [0.15, 0.2) is 41.6 Å². The Kier molecular flexibility index (Phi) is 3.84. The third-order valence-corrected chi connectivity index (χ3v) is 4.49. The maximum Gasteiger partial charge on any atom is 0.267 e. The van der Waals surface area contributed by atoms with Crippen LogP contribution in [0.2, 0.25) is 0 Å². The molecule has 20 heavy (non-hydrogen) atoms. The van der Waals surface area contributed by atoms with E-state index in [2.05, 4.69) is 9.97 Å². The van der Waals surface area contributed by atoms with Gasteiger partial charge in [0, 0.05) is 6.54 Å². The van der Waals surface area contributed by atoms with Crippen LogP contribution in [0, 0.1) is 5.82 Å². The van der Waals surface area contributed by atoms with Gasteiger partial charge < -0.3 is 5.73 Å². The van der Waals surface area contributed by atoms with Crippen molar-refractivity contribution in [2.75, 3.05) is 16.6 Å². The molecule has 0 aliphatic heterocycles. The Hall–Kier alpha value is -2.22. The smallest absolute Gasteiger partial charge is 0.267 e. The van der Waals surface area contributed by atoms with Crippen molar-refractivity contribution in [2.24, 2.45) is 0 Å². The molecule has 106 valence electrons. The number of hydrogen-bond donors (Lipinski definition) is 1. The summed E-state index contributed by atoms with van der Waals surface area (Å²) in [6.07, 6.45) is 2.20. The zero-order valence-electron chi connectivity index (χ0n) is 10.7. The van der Waals surface area contributed by atoms with E-state index < -0.39 is 15.8 Å². The first-order valence-electron chi connectivity index (χ1n) is 5.81. The lowest BCUT2D eigenvalue weighted by molar-refractivity contribution is 0.585. The summed E-state index contributed by atoms with van der Waals surface area (Å²) < 4.78 is 39.7. The minimum absolute atomic E-state index is 0.0215. The Morgan fingerprint density at radius 3 is 2.40 bits per heavy atom. The minimum Gasteiger partial charge on any atom is -0.368 e. The molecule has 0 atom stereocenters. The van der Waals surface area contributed by atoms with E-state index in [0.29, 0.717) is 0 Å². The van der Waals surface area contributed by atoms with Crippen LogP contribution >= 0.6 is 0 Å². The minimum atomic E-state index is -3.93. The molecule has 0 amide bonds. The van der Waals surface area contributed by atoms with Crippen molar-refractivity contribution in [3.8, 4) is 0 Å². The lowest BCUT2D eigenvalue weighted by Crippen LogP contribution is -2.31. The van der Waals surface area contributed by atoms with Gasteiger partial charge in [-0.2, -0.15) is 0 Å². The predicted octanol–water partition coefficient (Wildman–Crippen LogP) is 1.41. The topological polar surface area (TPSA) is 89.2 Å². The maximum atomic E-state index is 13.8. The number of aromatic nitrogens is 2. The largest absolute Gasteiger partial charge is 0.368 e. The van der Waals surface area contributed by atoms with Crippen LogP contribution in [-0.4, -0.2) is 24.9 Å². The summed E-state index contributed by atoms with van der Waals surface area (Å²) in [4.78, 5) is 7.15. The number of nitrogen functional groups attached to an aromatic ring is 1. The fourth-order valence-electron chi connectivity index (χ4n) is 1.71. The SMILES string of the molecule is CCN(c1ccccc1F)S(=O)(=O)c1cnc(N)nc1. The number of anilines is 2. The van der Waals surface area contributed by atoms with Gasteiger partial charge in [-0.15, -0.1) is 0 Å². The summed E-state index contributed by atoms with van der Waals surface area (Å²) in [5, 5.41) is 0. The van der Waals surface area contributed by atoms with Crippen molar-refractivity contribution < 1.29 is 12.8 Å². The Balaban J connectivity index is 2.51. The molecule has 6 nitrogen and oxygen atoms in total. The monoisotopic (exact) mass is 296 g/mol. The molecule has 2 rings (SSSR count). The van der Waals surface area contributed by atoms with Gasteiger partial charge in [0.2, 0.25) is 5.95 Å². The van der Waals surface area contributed by atoms with Crippen molar-refractivity contribution in [2.45, 2.75) is 11.8 Å². The fourth-order valence-corrected chi connectivity index (χ4v) is 3.08. The number of benzene rings is 1. The van der Waals surface area contributed by atoms with Gasteiger partial charge in [0.05, 0.1) is 18.1 Å². The van der Waals surface area contributed by atoms with E-state index in [4.69, 9.17) is 5.73 Å². The van der Waals surface area contributed by atoms with E-state index in [1.54, 1.807) is 13.0 Å². The van der Waals surface area contributed by atoms with E-state index in [1.165, 1.54) is 18.2 Å². The van der Waals surface area contributed by atoms with Crippen LogP contribution in [0.5, 0.6) is 0 Å². The fraction of sp³-hybridized carbons (Fsp3) is 0.167. The second-order valence-electron chi connectivity index (χ2n) is 3.90. The van der Waals surface area contributed by atoms with Gasteiger partial charge in [-0.05, 0) is 19.1 Å². The molecule has 8 heteroatoms. The highest BCUT2D eigenvalue weighted by atomic mass is 32.2. The third-order valence-electron chi connectivity index (χ3n) is 2.64. The molecule has 1 aromatic carbocycles. The quantitative estimate of drug-likeness (QED) is 0.921. The van der Waals surface area contributed by atoms with Gasteiger partial charge in [-0.3, -0.25) is 4.31 Å². The number of sulfonamides is 1. The van der Waals surface area contributed by atoms with Gasteiger partial charge >= 0.3 is 0 Å². The highest BCUT2D eigenvalue weighted by molar-refractivity contribution is 7.92. The molecule has 2 N–H and O–H groups in total. The van der Waals surface area contributed by atoms with Crippen molar-refractivity contribution >= 4 is 21.7 Å². The Morgan fingerprint density at radius 2 is 1.85 bits per heavy atom. The summed E-state index contributed by atoms with van der Waals surface area (Å²) in [5.74, 6) is -0.646. The highest BCUT2D eigenvalue weighted by Crippen LogP contribution is 2.25. The summed E-state index contributed by atoms with van der Waals surface area (Å²) >= 11 is 0. The normalized spacial score (nSPS) is 11.3. The molecule has 0 spiro atoms. The molecule has 0 aliphatic carbocycles. The Bertz CT molecular complexity index is 704. The molecule has 0 saturated carbocycles. The van der Waals surface area contributed by atoms with Crippen LogP contribution in [-0.2, 0) is 10.0 Å². The third kappa shape index (κ3) is 2.55. The van der Waals surface area contributed by atoms with Gasteiger partial charge in [0.25, 0.3) is 10.0 Å². The number of para-hydroxylation sites is 1. The van der Waals surface area contributed by atoms with Gasteiger partial charge in [0.1, 0.15) is 10.7 Å². The second-order valence-corrected chi connectivity index (χ2v) is 5.76. The average Bonchev–Trinajstić information content (AvgIpc) is 2.42. The Morgan fingerprint density at radius 1 is 1.25 bits per heavy atom. The zero-order valence-corrected chi connectivity index (χ0v) is 11.5. The van der Waals surface area contributed by atoms with Gasteiger partial charge in [-0.25, -0.2) is 22.8 Å². The number of hydrogen-bond acceptors (Lipinski definition) is 5. The lowest BCUT2D eigenvalue weighted by atomic mass is 10.3. The number of halogens is 1. The summed E-state index contributed by atoms with van der Waals surface area (Å²) in [6, 6.07) is 5.66.